The van der Waals surface area contributed by atoms with Crippen molar-refractivity contribution in [1.82, 2.24) is 9.66 Å². The van der Waals surface area contributed by atoms with E-state index in [1.807, 2.05) is 25.3 Å². The maximum Gasteiger partial charge on any atom is 0.0914 e. The molecule has 0 fully saturated rings. The summed E-state index contributed by atoms with van der Waals surface area (Å²) in [5.74, 6) is 0. The summed E-state index contributed by atoms with van der Waals surface area (Å²) in [6.07, 6.45) is 5.42. The van der Waals surface area contributed by atoms with Gasteiger partial charge in [-0.3, -0.25) is 4.98 Å². The maximum atomic E-state index is 4.24. The van der Waals surface area contributed by atoms with E-state index >= 15 is 0 Å². The molecule has 0 aliphatic rings. The van der Waals surface area contributed by atoms with Crippen LogP contribution in [0.1, 0.15) is 6.92 Å². The highest BCUT2D eigenvalue weighted by atomic mass is 79.9. The first-order valence-corrected chi connectivity index (χ1v) is 4.72. The lowest BCUT2D eigenvalue weighted by atomic mass is 10.4. The third-order valence-corrected chi connectivity index (χ3v) is 2.16. The quantitative estimate of drug-likeness (QED) is 0.702. The van der Waals surface area contributed by atoms with Gasteiger partial charge in [-0.05, 0) is 35.0 Å². The van der Waals surface area contributed by atoms with Crippen LogP contribution in [-0.2, 0) is 0 Å². The Morgan fingerprint density at radius 2 is 2.46 bits per heavy atom. The molecule has 0 aliphatic heterocycles. The summed E-state index contributed by atoms with van der Waals surface area (Å²) in [4.78, 5) is 4.24. The van der Waals surface area contributed by atoms with Crippen LogP contribution >= 0.6 is 15.9 Å². The molecule has 0 saturated heterocycles. The summed E-state index contributed by atoms with van der Waals surface area (Å²) in [6, 6.07) is 3.93. The fraction of sp³-hybridized carbons (Fsp3) is 0.111. The van der Waals surface area contributed by atoms with Gasteiger partial charge in [0, 0.05) is 23.1 Å². The molecule has 0 atom stereocenters. The van der Waals surface area contributed by atoms with E-state index in [4.69, 9.17) is 0 Å². The number of hydrogen-bond donors (Lipinski definition) is 0. The number of fused-ring (bicyclic) bond motifs is 1. The summed E-state index contributed by atoms with van der Waals surface area (Å²) < 4.78 is 2.76. The van der Waals surface area contributed by atoms with E-state index in [1.165, 1.54) is 0 Å². The highest BCUT2D eigenvalue weighted by molar-refractivity contribution is 9.10. The Morgan fingerprint density at radius 3 is 3.23 bits per heavy atom. The highest BCUT2D eigenvalue weighted by Crippen LogP contribution is 2.17. The van der Waals surface area contributed by atoms with Gasteiger partial charge in [-0.15, -0.1) is 0 Å². The zero-order valence-corrected chi connectivity index (χ0v) is 8.69. The van der Waals surface area contributed by atoms with Crippen molar-refractivity contribution in [2.45, 2.75) is 6.92 Å². The van der Waals surface area contributed by atoms with Crippen molar-refractivity contribution in [2.75, 3.05) is 0 Å². The smallest absolute Gasteiger partial charge is 0.0914 e. The maximum absolute atomic E-state index is 4.24. The van der Waals surface area contributed by atoms with Gasteiger partial charge in [0.1, 0.15) is 0 Å². The average Bonchev–Trinajstić information content (AvgIpc) is 2.49. The predicted molar refractivity (Wildman–Crippen MR) is 57.0 cm³/mol. The van der Waals surface area contributed by atoms with Crippen molar-refractivity contribution in [3.8, 4) is 0 Å². The molecule has 0 saturated carbocycles. The van der Waals surface area contributed by atoms with Crippen molar-refractivity contribution in [1.29, 1.82) is 0 Å². The molecule has 2 aromatic rings. The standard InChI is InChI=1S/C9H8BrN3/c1-2-12-13-4-3-8-9(13)5-7(10)6-11-8/h2-6H,1H3/b12-2+. The fourth-order valence-electron chi connectivity index (χ4n) is 1.20. The van der Waals surface area contributed by atoms with Gasteiger partial charge in [0.2, 0.25) is 0 Å². The van der Waals surface area contributed by atoms with Crippen LogP contribution < -0.4 is 0 Å². The summed E-state index contributed by atoms with van der Waals surface area (Å²) in [7, 11) is 0. The number of rotatable bonds is 1. The Bertz CT molecular complexity index is 459. The highest BCUT2D eigenvalue weighted by Gasteiger charge is 2.00. The minimum absolute atomic E-state index is 0.953. The summed E-state index contributed by atoms with van der Waals surface area (Å²) in [6.45, 7) is 1.89. The summed E-state index contributed by atoms with van der Waals surface area (Å²) in [5, 5.41) is 4.17. The number of nitrogens with zero attached hydrogens (tertiary/aromatic N) is 3. The molecule has 0 amide bonds. The van der Waals surface area contributed by atoms with Crippen LogP contribution in [0.2, 0.25) is 0 Å². The van der Waals surface area contributed by atoms with Crippen LogP contribution in [0.4, 0.5) is 0 Å². The normalized spacial score (nSPS) is 11.5. The van der Waals surface area contributed by atoms with Gasteiger partial charge in [-0.25, -0.2) is 4.68 Å². The first-order chi connectivity index (χ1) is 6.31. The Kier molecular flexibility index (Phi) is 2.14. The number of halogens is 1. The molecule has 2 rings (SSSR count). The number of aromatic nitrogens is 2. The molecule has 2 aromatic heterocycles. The summed E-state index contributed by atoms with van der Waals surface area (Å²) in [5.41, 5.74) is 1.96. The van der Waals surface area contributed by atoms with Crippen molar-refractivity contribution in [3.63, 3.8) is 0 Å². The topological polar surface area (TPSA) is 30.2 Å². The van der Waals surface area contributed by atoms with E-state index in [0.717, 1.165) is 15.5 Å². The molecule has 66 valence electrons. The molecule has 3 nitrogen and oxygen atoms in total. The minimum Gasteiger partial charge on any atom is -0.253 e. The monoisotopic (exact) mass is 237 g/mol. The van der Waals surface area contributed by atoms with Crippen LogP contribution in [-0.4, -0.2) is 15.9 Å². The first-order valence-electron chi connectivity index (χ1n) is 3.93. The van der Waals surface area contributed by atoms with E-state index < -0.39 is 0 Å². The third-order valence-electron chi connectivity index (χ3n) is 1.72. The van der Waals surface area contributed by atoms with Crippen molar-refractivity contribution >= 4 is 33.2 Å². The van der Waals surface area contributed by atoms with Crippen LogP contribution in [0.5, 0.6) is 0 Å². The van der Waals surface area contributed by atoms with Crippen molar-refractivity contribution in [2.24, 2.45) is 5.10 Å². The molecule has 0 unspecified atom stereocenters. The van der Waals surface area contributed by atoms with Gasteiger partial charge >= 0.3 is 0 Å². The van der Waals surface area contributed by atoms with E-state index in [9.17, 15) is 0 Å². The molecule has 0 spiro atoms. The molecule has 0 aliphatic carbocycles. The Labute approximate surface area is 84.2 Å². The zero-order chi connectivity index (χ0) is 9.26. The molecule has 0 aromatic carbocycles. The average molecular weight is 238 g/mol. The van der Waals surface area contributed by atoms with Crippen LogP contribution in [0.15, 0.2) is 34.1 Å². The van der Waals surface area contributed by atoms with Crippen molar-refractivity contribution < 1.29 is 0 Å². The molecular weight excluding hydrogens is 230 g/mol. The fourth-order valence-corrected chi connectivity index (χ4v) is 1.52. The SMILES string of the molecule is C/C=N/n1ccc2ncc(Br)cc21. The van der Waals surface area contributed by atoms with Gasteiger partial charge in [-0.1, -0.05) is 0 Å². The van der Waals surface area contributed by atoms with Gasteiger partial charge < -0.3 is 0 Å². The van der Waals surface area contributed by atoms with Crippen LogP contribution in [0, 0.1) is 0 Å². The second-order valence-electron chi connectivity index (χ2n) is 2.59. The van der Waals surface area contributed by atoms with Gasteiger partial charge in [0.15, 0.2) is 0 Å². The van der Waals surface area contributed by atoms with Gasteiger partial charge in [-0.2, -0.15) is 5.10 Å². The summed E-state index contributed by atoms with van der Waals surface area (Å²) >= 11 is 3.37. The molecule has 0 N–H and O–H groups in total. The zero-order valence-electron chi connectivity index (χ0n) is 7.11. The number of pyridine rings is 1. The number of hydrogen-bond acceptors (Lipinski definition) is 2. The largest absolute Gasteiger partial charge is 0.253 e. The Hall–Kier alpha value is -1.16. The van der Waals surface area contributed by atoms with E-state index in [2.05, 4.69) is 26.0 Å². The third kappa shape index (κ3) is 1.49. The second-order valence-corrected chi connectivity index (χ2v) is 3.51. The van der Waals surface area contributed by atoms with Gasteiger partial charge in [0.05, 0.1) is 11.0 Å². The van der Waals surface area contributed by atoms with Crippen molar-refractivity contribution in [3.05, 3.63) is 29.0 Å². The van der Waals surface area contributed by atoms with E-state index in [0.29, 0.717) is 0 Å². The molecular formula is C9H8BrN3. The lowest BCUT2D eigenvalue weighted by Gasteiger charge is -1.96. The lowest BCUT2D eigenvalue weighted by molar-refractivity contribution is 0.930. The molecule has 13 heavy (non-hydrogen) atoms. The molecule has 0 radical (unpaired) electrons. The van der Waals surface area contributed by atoms with Gasteiger partial charge in [0.25, 0.3) is 0 Å². The first kappa shape index (κ1) is 8.44. The molecule has 0 bridgehead atoms. The van der Waals surface area contributed by atoms with Crippen LogP contribution in [0.25, 0.3) is 11.0 Å². The Balaban J connectivity index is 2.71. The lowest BCUT2D eigenvalue weighted by Crippen LogP contribution is -1.85. The van der Waals surface area contributed by atoms with E-state index in [1.54, 1.807) is 17.1 Å². The Morgan fingerprint density at radius 1 is 1.62 bits per heavy atom. The van der Waals surface area contributed by atoms with Crippen LogP contribution in [0.3, 0.4) is 0 Å². The van der Waals surface area contributed by atoms with E-state index in [-0.39, 0.29) is 0 Å². The molecule has 4 heteroatoms. The molecule has 2 heterocycles. The minimum atomic E-state index is 0.953. The predicted octanol–water partition coefficient (Wildman–Crippen LogP) is 2.65. The second kappa shape index (κ2) is 3.30.